The van der Waals surface area contributed by atoms with E-state index in [-0.39, 0.29) is 36.2 Å². The number of carboxylic acid groups (broad SMARTS) is 1. The highest BCUT2D eigenvalue weighted by atomic mass is 16.4. The lowest BCUT2D eigenvalue weighted by molar-refractivity contribution is -0.140. The summed E-state index contributed by atoms with van der Waals surface area (Å²) in [5, 5.41) is 25.1. The number of carbonyl (C=O) groups is 3. The molecule has 52 heavy (non-hydrogen) atoms. The van der Waals surface area contributed by atoms with E-state index in [4.69, 9.17) is 5.73 Å². The van der Waals surface area contributed by atoms with Gasteiger partial charge in [0.25, 0.3) is 0 Å². The van der Waals surface area contributed by atoms with Crippen LogP contribution in [-0.2, 0) is 33.6 Å². The molecule has 0 aliphatic heterocycles. The maximum Gasteiger partial charge on any atom is 0.320 e. The molecule has 2 amide bonds. The van der Waals surface area contributed by atoms with Crippen molar-refractivity contribution in [3.05, 3.63) is 120 Å². The molecule has 0 bridgehead atoms. The largest absolute Gasteiger partial charge is 0.480 e. The molecule has 7 N–H and O–H groups in total. The smallest absolute Gasteiger partial charge is 0.320 e. The fourth-order valence-electron chi connectivity index (χ4n) is 6.53. The molecule has 0 heterocycles. The lowest BCUT2D eigenvalue weighted by Crippen LogP contribution is -2.58. The molecule has 4 aromatic carbocycles. The van der Waals surface area contributed by atoms with Gasteiger partial charge in [-0.05, 0) is 58.6 Å². The Morgan fingerprint density at radius 1 is 0.654 bits per heavy atom. The van der Waals surface area contributed by atoms with Gasteiger partial charge in [-0.25, -0.2) is 0 Å². The maximum absolute atomic E-state index is 14.2. The highest BCUT2D eigenvalue weighted by Crippen LogP contribution is 2.17. The van der Waals surface area contributed by atoms with Crippen LogP contribution in [0.2, 0.25) is 0 Å². The van der Waals surface area contributed by atoms with Crippen LogP contribution in [0.5, 0.6) is 0 Å². The van der Waals surface area contributed by atoms with Gasteiger partial charge in [-0.1, -0.05) is 137 Å². The van der Waals surface area contributed by atoms with Crippen LogP contribution in [0, 0.1) is 11.8 Å². The van der Waals surface area contributed by atoms with E-state index in [0.29, 0.717) is 32.2 Å². The lowest BCUT2D eigenvalue weighted by atomic mass is 9.96. The fourth-order valence-corrected chi connectivity index (χ4v) is 6.53. The summed E-state index contributed by atoms with van der Waals surface area (Å²) in [6.45, 7) is 8.71. The fraction of sp³-hybridized carbons (Fsp3) is 0.419. The van der Waals surface area contributed by atoms with Gasteiger partial charge in [0.2, 0.25) is 11.8 Å². The molecule has 0 saturated carbocycles. The zero-order valence-corrected chi connectivity index (χ0v) is 31.1. The van der Waals surface area contributed by atoms with Gasteiger partial charge < -0.3 is 32.1 Å². The van der Waals surface area contributed by atoms with E-state index in [1.807, 2.05) is 100 Å². The van der Waals surface area contributed by atoms with Crippen molar-refractivity contribution in [2.45, 2.75) is 90.0 Å². The zero-order valence-electron chi connectivity index (χ0n) is 31.1. The molecule has 9 nitrogen and oxygen atoms in total. The lowest BCUT2D eigenvalue weighted by Gasteiger charge is -2.29. The highest BCUT2D eigenvalue weighted by molar-refractivity contribution is 5.90. The first-order valence-corrected chi connectivity index (χ1v) is 18.6. The maximum atomic E-state index is 14.2. The average molecular weight is 708 g/mol. The summed E-state index contributed by atoms with van der Waals surface area (Å²) in [5.41, 5.74) is 9.66. The summed E-state index contributed by atoms with van der Waals surface area (Å²) in [7, 11) is 0. The first kappa shape index (κ1) is 40.2. The SMILES string of the molecule is CCC(C)[C@H](NC[C@@H](N)Cc1ccc2ccccc2c1)C(=O)N[C@@H](Cc1ccccc1)C(=O)N[C@H](CN[C@@H](CC(C)C)C(=O)O)Cc1ccccc1. The number of nitrogens with two attached hydrogens (primary N) is 1. The van der Waals surface area contributed by atoms with E-state index in [1.165, 1.54) is 10.8 Å². The number of rotatable bonds is 21. The molecule has 0 radical (unpaired) electrons. The van der Waals surface area contributed by atoms with Gasteiger partial charge in [-0.15, -0.1) is 0 Å². The summed E-state index contributed by atoms with van der Waals surface area (Å²) in [6, 6.07) is 31.2. The Morgan fingerprint density at radius 2 is 1.27 bits per heavy atom. The van der Waals surface area contributed by atoms with Crippen LogP contribution in [0.1, 0.15) is 57.2 Å². The molecule has 0 saturated heterocycles. The topological polar surface area (TPSA) is 146 Å². The number of nitrogens with one attached hydrogen (secondary N) is 4. The molecule has 4 aromatic rings. The second kappa shape index (κ2) is 20.5. The highest BCUT2D eigenvalue weighted by Gasteiger charge is 2.30. The molecular weight excluding hydrogens is 651 g/mol. The van der Waals surface area contributed by atoms with Crippen LogP contribution >= 0.6 is 0 Å². The number of benzene rings is 4. The number of hydrogen-bond donors (Lipinski definition) is 6. The summed E-state index contributed by atoms with van der Waals surface area (Å²) < 4.78 is 0. The molecule has 9 heteroatoms. The van der Waals surface area contributed by atoms with E-state index in [1.54, 1.807) is 0 Å². The Morgan fingerprint density at radius 3 is 1.88 bits per heavy atom. The standard InChI is InChI=1S/C43H57N5O4/c1-5-30(4)40(46-27-36(44)24-33-20-21-34-18-12-13-19-35(34)23-33)42(50)48-38(26-32-16-10-7-11-17-32)41(49)47-37(25-31-14-8-6-9-15-31)28-45-39(43(51)52)22-29(2)3/h6-21,23,29-30,36-40,45-46H,5,22,24-28,44H2,1-4H3,(H,47,49)(H,48,50)(H,51,52)/t30?,36-,37-,38-,39-,40-/m0/s1. The van der Waals surface area contributed by atoms with Gasteiger partial charge in [0.1, 0.15) is 12.1 Å². The quantitative estimate of drug-likeness (QED) is 0.0694. The van der Waals surface area contributed by atoms with Crippen molar-refractivity contribution in [1.29, 1.82) is 0 Å². The van der Waals surface area contributed by atoms with Crippen LogP contribution in [-0.4, -0.2) is 66.2 Å². The molecule has 0 fully saturated rings. The Labute approximate surface area is 309 Å². The molecule has 1 unspecified atom stereocenters. The van der Waals surface area contributed by atoms with Crippen LogP contribution in [0.15, 0.2) is 103 Å². The van der Waals surface area contributed by atoms with Gasteiger partial charge in [-0.3, -0.25) is 14.4 Å². The molecule has 4 rings (SSSR count). The van der Waals surface area contributed by atoms with Gasteiger partial charge in [0.05, 0.1) is 6.04 Å². The molecular formula is C43H57N5O4. The number of amides is 2. The normalized spacial score (nSPS) is 15.0. The van der Waals surface area contributed by atoms with Crippen molar-refractivity contribution >= 4 is 28.6 Å². The van der Waals surface area contributed by atoms with E-state index in [0.717, 1.165) is 23.1 Å². The summed E-state index contributed by atoms with van der Waals surface area (Å²) >= 11 is 0. The van der Waals surface area contributed by atoms with E-state index in [9.17, 15) is 19.5 Å². The second-order valence-electron chi connectivity index (χ2n) is 14.5. The van der Waals surface area contributed by atoms with E-state index >= 15 is 0 Å². The van der Waals surface area contributed by atoms with Gasteiger partial charge >= 0.3 is 5.97 Å². The molecule has 0 aliphatic rings. The Kier molecular flexibility index (Phi) is 15.8. The number of carboxylic acids is 1. The van der Waals surface area contributed by atoms with Crippen molar-refractivity contribution in [3.63, 3.8) is 0 Å². The van der Waals surface area contributed by atoms with Crippen molar-refractivity contribution in [2.24, 2.45) is 17.6 Å². The Balaban J connectivity index is 1.48. The number of fused-ring (bicyclic) bond motifs is 1. The van der Waals surface area contributed by atoms with Crippen LogP contribution in [0.4, 0.5) is 0 Å². The first-order valence-electron chi connectivity index (χ1n) is 18.6. The number of hydrogen-bond acceptors (Lipinski definition) is 6. The zero-order chi connectivity index (χ0) is 37.5. The number of aliphatic carboxylic acids is 1. The molecule has 278 valence electrons. The molecule has 0 spiro atoms. The average Bonchev–Trinajstić information content (AvgIpc) is 3.13. The molecule has 0 aliphatic carbocycles. The Bertz CT molecular complexity index is 1700. The molecule has 6 atom stereocenters. The molecule has 0 aromatic heterocycles. The van der Waals surface area contributed by atoms with E-state index < -0.39 is 30.1 Å². The van der Waals surface area contributed by atoms with Crippen molar-refractivity contribution in [1.82, 2.24) is 21.3 Å². The van der Waals surface area contributed by atoms with Crippen LogP contribution in [0.25, 0.3) is 10.8 Å². The van der Waals surface area contributed by atoms with Gasteiger partial charge in [-0.2, -0.15) is 0 Å². The predicted octanol–water partition coefficient (Wildman–Crippen LogP) is 5.26. The minimum atomic E-state index is -0.923. The van der Waals surface area contributed by atoms with Gasteiger partial charge in [0.15, 0.2) is 0 Å². The Hall–Kier alpha value is -4.57. The van der Waals surface area contributed by atoms with Gasteiger partial charge in [0, 0.05) is 31.6 Å². The first-order chi connectivity index (χ1) is 25.0. The van der Waals surface area contributed by atoms with Crippen LogP contribution < -0.4 is 27.0 Å². The summed E-state index contributed by atoms with van der Waals surface area (Å²) in [4.78, 5) is 40.2. The van der Waals surface area contributed by atoms with Crippen molar-refractivity contribution in [2.75, 3.05) is 13.1 Å². The second-order valence-corrected chi connectivity index (χ2v) is 14.5. The summed E-state index contributed by atoms with van der Waals surface area (Å²) in [5.74, 6) is -1.34. The third-order valence-electron chi connectivity index (χ3n) is 9.61. The van der Waals surface area contributed by atoms with Crippen LogP contribution in [0.3, 0.4) is 0 Å². The third-order valence-corrected chi connectivity index (χ3v) is 9.61. The number of carbonyl (C=O) groups excluding carboxylic acids is 2. The monoisotopic (exact) mass is 707 g/mol. The minimum Gasteiger partial charge on any atom is -0.480 e. The minimum absolute atomic E-state index is 0.0164. The van der Waals surface area contributed by atoms with E-state index in [2.05, 4.69) is 51.6 Å². The third kappa shape index (κ3) is 12.9. The van der Waals surface area contributed by atoms with Crippen molar-refractivity contribution in [3.8, 4) is 0 Å². The van der Waals surface area contributed by atoms with Crippen molar-refractivity contribution < 1.29 is 19.5 Å². The summed E-state index contributed by atoms with van der Waals surface area (Å²) in [6.07, 6.45) is 2.66. The predicted molar refractivity (Wildman–Crippen MR) is 210 cm³/mol.